The number of imidazole rings is 1. The molecular weight excluding hydrogens is 352 g/mol. The summed E-state index contributed by atoms with van der Waals surface area (Å²) in [5.41, 5.74) is 2.90. The van der Waals surface area contributed by atoms with E-state index in [2.05, 4.69) is 16.4 Å². The van der Waals surface area contributed by atoms with Gasteiger partial charge in [0, 0.05) is 5.69 Å². The molecule has 1 fully saturated rings. The third-order valence-corrected chi connectivity index (χ3v) is 5.27. The molecule has 1 aliphatic rings. The molecule has 1 aliphatic heterocycles. The van der Waals surface area contributed by atoms with Gasteiger partial charge < -0.3 is 19.9 Å². The van der Waals surface area contributed by atoms with Gasteiger partial charge in [0.05, 0.1) is 36.6 Å². The number of likely N-dealkylation sites (tertiary alicyclic amines) is 1. The highest BCUT2D eigenvalue weighted by molar-refractivity contribution is 5.91. The van der Waals surface area contributed by atoms with Crippen molar-refractivity contribution in [2.75, 3.05) is 31.6 Å². The average molecular weight is 379 g/mol. The Kier molecular flexibility index (Phi) is 5.58. The minimum absolute atomic E-state index is 0.0458. The molecule has 0 bridgehead atoms. The van der Waals surface area contributed by atoms with E-state index >= 15 is 0 Å². The maximum atomic E-state index is 12.5. The number of carbonyl (C=O) groups excluding carboxylic acids is 1. The zero-order valence-electron chi connectivity index (χ0n) is 16.2. The van der Waals surface area contributed by atoms with Crippen molar-refractivity contribution in [3.05, 3.63) is 54.4 Å². The van der Waals surface area contributed by atoms with Gasteiger partial charge in [0.15, 0.2) is 6.54 Å². The number of nitrogens with one attached hydrogen (secondary N) is 3. The number of carbonyl (C=O) groups is 1. The molecule has 0 spiro atoms. The van der Waals surface area contributed by atoms with Crippen LogP contribution in [0.2, 0.25) is 0 Å². The number of rotatable bonds is 6. The zero-order chi connectivity index (χ0) is 19.3. The smallest absolute Gasteiger partial charge is 0.279 e. The lowest BCUT2D eigenvalue weighted by atomic mass is 9.97. The molecule has 2 heterocycles. The van der Waals surface area contributed by atoms with Gasteiger partial charge in [-0.3, -0.25) is 4.79 Å². The summed E-state index contributed by atoms with van der Waals surface area (Å²) in [7, 11) is 0. The van der Waals surface area contributed by atoms with E-state index in [9.17, 15) is 4.79 Å². The van der Waals surface area contributed by atoms with Gasteiger partial charge in [-0.2, -0.15) is 0 Å². The standard InChI is InChI=1S/C22H26N4O2/c1-2-28-18-11-9-17(10-12-18)23-21(27)15-26-13-5-6-16(14-26)22-24-19-7-3-4-8-20(19)25-22/h3-4,7-12,16H,2,5-6,13-15H2,1H3,(H,23,27)(H,24,25)/p+1/t16-/m0/s1. The van der Waals surface area contributed by atoms with E-state index in [1.165, 1.54) is 4.90 Å². The zero-order valence-corrected chi connectivity index (χ0v) is 16.2. The molecule has 6 nitrogen and oxygen atoms in total. The van der Waals surface area contributed by atoms with Gasteiger partial charge in [0.1, 0.15) is 11.6 Å². The van der Waals surface area contributed by atoms with Crippen LogP contribution < -0.4 is 15.0 Å². The monoisotopic (exact) mass is 379 g/mol. The first kappa shape index (κ1) is 18.5. The van der Waals surface area contributed by atoms with E-state index in [0.29, 0.717) is 19.1 Å². The first-order chi connectivity index (χ1) is 13.7. The summed E-state index contributed by atoms with van der Waals surface area (Å²) in [5.74, 6) is 2.28. The van der Waals surface area contributed by atoms with Crippen LogP contribution in [-0.2, 0) is 4.79 Å². The molecule has 1 saturated heterocycles. The summed E-state index contributed by atoms with van der Waals surface area (Å²) in [6.07, 6.45) is 2.22. The Morgan fingerprint density at radius 1 is 1.25 bits per heavy atom. The summed E-state index contributed by atoms with van der Waals surface area (Å²) in [4.78, 5) is 22.0. The van der Waals surface area contributed by atoms with Crippen LogP contribution in [0.4, 0.5) is 5.69 Å². The van der Waals surface area contributed by atoms with Crippen LogP contribution in [0.1, 0.15) is 31.5 Å². The molecule has 28 heavy (non-hydrogen) atoms. The molecule has 0 radical (unpaired) electrons. The van der Waals surface area contributed by atoms with E-state index in [-0.39, 0.29) is 5.91 Å². The molecule has 2 atom stereocenters. The van der Waals surface area contributed by atoms with Gasteiger partial charge >= 0.3 is 0 Å². The summed E-state index contributed by atoms with van der Waals surface area (Å²) < 4.78 is 5.44. The summed E-state index contributed by atoms with van der Waals surface area (Å²) in [5, 5.41) is 3.00. The molecule has 3 N–H and O–H groups in total. The van der Waals surface area contributed by atoms with Gasteiger partial charge in [-0.05, 0) is 56.2 Å². The highest BCUT2D eigenvalue weighted by Gasteiger charge is 2.28. The number of quaternary nitrogens is 1. The molecule has 1 aromatic heterocycles. The van der Waals surface area contributed by atoms with Crippen molar-refractivity contribution >= 4 is 22.6 Å². The number of fused-ring (bicyclic) bond motifs is 1. The second-order valence-corrected chi connectivity index (χ2v) is 7.36. The predicted molar refractivity (Wildman–Crippen MR) is 110 cm³/mol. The van der Waals surface area contributed by atoms with E-state index in [1.54, 1.807) is 0 Å². The predicted octanol–water partition coefficient (Wildman–Crippen LogP) is 2.36. The lowest BCUT2D eigenvalue weighted by Crippen LogP contribution is -3.14. The number of ether oxygens (including phenoxy) is 1. The van der Waals surface area contributed by atoms with Crippen LogP contribution in [0.5, 0.6) is 5.75 Å². The highest BCUT2D eigenvalue weighted by atomic mass is 16.5. The highest BCUT2D eigenvalue weighted by Crippen LogP contribution is 2.22. The fraction of sp³-hybridized carbons (Fsp3) is 0.364. The molecule has 4 rings (SSSR count). The molecule has 3 aromatic rings. The normalized spacial score (nSPS) is 19.5. The lowest BCUT2D eigenvalue weighted by Gasteiger charge is -2.28. The summed E-state index contributed by atoms with van der Waals surface area (Å²) >= 11 is 0. The second kappa shape index (κ2) is 8.44. The first-order valence-corrected chi connectivity index (χ1v) is 10.0. The van der Waals surface area contributed by atoms with Crippen molar-refractivity contribution < 1.29 is 14.4 Å². The number of amides is 1. The Morgan fingerprint density at radius 3 is 2.86 bits per heavy atom. The van der Waals surface area contributed by atoms with E-state index in [0.717, 1.165) is 54.2 Å². The third-order valence-electron chi connectivity index (χ3n) is 5.27. The number of para-hydroxylation sites is 2. The van der Waals surface area contributed by atoms with Crippen LogP contribution in [0.15, 0.2) is 48.5 Å². The van der Waals surface area contributed by atoms with Crippen LogP contribution in [0, 0.1) is 0 Å². The van der Waals surface area contributed by atoms with Gasteiger partial charge in [-0.1, -0.05) is 12.1 Å². The van der Waals surface area contributed by atoms with Gasteiger partial charge in [-0.25, -0.2) is 4.98 Å². The Balaban J connectivity index is 1.34. The molecule has 0 saturated carbocycles. The SMILES string of the molecule is CCOc1ccc(NC(=O)C[NH+]2CCC[C@H](c3nc4ccccc4[nH]3)C2)cc1. The quantitative estimate of drug-likeness (QED) is 0.616. The van der Waals surface area contributed by atoms with Gasteiger partial charge in [0.25, 0.3) is 5.91 Å². The Bertz CT molecular complexity index is 902. The molecule has 0 aliphatic carbocycles. The van der Waals surface area contributed by atoms with Crippen molar-refractivity contribution in [3.63, 3.8) is 0 Å². The van der Waals surface area contributed by atoms with Crippen molar-refractivity contribution in [1.82, 2.24) is 9.97 Å². The topological polar surface area (TPSA) is 71.4 Å². The molecule has 1 amide bonds. The number of hydrogen-bond donors (Lipinski definition) is 3. The second-order valence-electron chi connectivity index (χ2n) is 7.36. The molecular formula is C22H27N4O2+. The number of aromatic amines is 1. The van der Waals surface area contributed by atoms with Gasteiger partial charge in [-0.15, -0.1) is 0 Å². The fourth-order valence-corrected chi connectivity index (χ4v) is 3.94. The van der Waals surface area contributed by atoms with Crippen molar-refractivity contribution in [3.8, 4) is 5.75 Å². The number of piperidine rings is 1. The van der Waals surface area contributed by atoms with Gasteiger partial charge in [0.2, 0.25) is 0 Å². The van der Waals surface area contributed by atoms with Crippen molar-refractivity contribution in [1.29, 1.82) is 0 Å². The average Bonchev–Trinajstić information content (AvgIpc) is 3.14. The minimum Gasteiger partial charge on any atom is -0.494 e. The summed E-state index contributed by atoms with van der Waals surface area (Å²) in [6.45, 7) is 5.01. The van der Waals surface area contributed by atoms with Crippen LogP contribution >= 0.6 is 0 Å². The Hall–Kier alpha value is -2.86. The van der Waals surface area contributed by atoms with E-state index < -0.39 is 0 Å². The largest absolute Gasteiger partial charge is 0.494 e. The number of hydrogen-bond acceptors (Lipinski definition) is 3. The number of H-pyrrole nitrogens is 1. The molecule has 146 valence electrons. The maximum Gasteiger partial charge on any atom is 0.279 e. The van der Waals surface area contributed by atoms with Crippen LogP contribution in [-0.4, -0.2) is 42.1 Å². The van der Waals surface area contributed by atoms with Crippen LogP contribution in [0.3, 0.4) is 0 Å². The van der Waals surface area contributed by atoms with Crippen LogP contribution in [0.25, 0.3) is 11.0 Å². The molecule has 1 unspecified atom stereocenters. The molecule has 6 heteroatoms. The number of aromatic nitrogens is 2. The minimum atomic E-state index is 0.0458. The number of benzene rings is 2. The Labute approximate surface area is 164 Å². The van der Waals surface area contributed by atoms with E-state index in [4.69, 9.17) is 9.72 Å². The molecule has 2 aromatic carbocycles. The Morgan fingerprint density at radius 2 is 2.07 bits per heavy atom. The number of nitrogens with zero attached hydrogens (tertiary/aromatic N) is 1. The fourth-order valence-electron chi connectivity index (χ4n) is 3.94. The maximum absolute atomic E-state index is 12.5. The number of anilines is 1. The first-order valence-electron chi connectivity index (χ1n) is 10.0. The van der Waals surface area contributed by atoms with E-state index in [1.807, 2.05) is 49.4 Å². The third kappa shape index (κ3) is 4.34. The lowest BCUT2D eigenvalue weighted by molar-refractivity contribution is -0.898. The van der Waals surface area contributed by atoms with Crippen molar-refractivity contribution in [2.45, 2.75) is 25.7 Å². The van der Waals surface area contributed by atoms with Crippen molar-refractivity contribution in [2.24, 2.45) is 0 Å². The summed E-state index contributed by atoms with van der Waals surface area (Å²) in [6, 6.07) is 15.6.